The van der Waals surface area contributed by atoms with Crippen LogP contribution in [0.5, 0.6) is 0 Å². The van der Waals surface area contributed by atoms with Crippen molar-refractivity contribution in [1.82, 2.24) is 0 Å². The van der Waals surface area contributed by atoms with Crippen LogP contribution in [0, 0.1) is 11.6 Å². The number of rotatable bonds is 0. The van der Waals surface area contributed by atoms with Crippen LogP contribution in [0.1, 0.15) is 36.1 Å². The van der Waals surface area contributed by atoms with Crippen molar-refractivity contribution in [2.75, 3.05) is 0 Å². The van der Waals surface area contributed by atoms with Gasteiger partial charge in [0.05, 0.1) is 0 Å². The molecule has 0 heterocycles. The summed E-state index contributed by atoms with van der Waals surface area (Å²) in [5.74, 6) is -0.341. The molecular formula is C17H18F2. The van der Waals surface area contributed by atoms with Crippen LogP contribution in [0.4, 0.5) is 8.78 Å². The van der Waals surface area contributed by atoms with Crippen LogP contribution >= 0.6 is 0 Å². The van der Waals surface area contributed by atoms with Gasteiger partial charge in [-0.3, -0.25) is 0 Å². The fraction of sp³-hybridized carbons (Fsp3) is 0.294. The lowest BCUT2D eigenvalue weighted by Gasteiger charge is -2.06. The highest BCUT2D eigenvalue weighted by Gasteiger charge is 2.17. The second kappa shape index (κ2) is 5.96. The van der Waals surface area contributed by atoms with Crippen LogP contribution in [0.15, 0.2) is 36.4 Å². The lowest BCUT2D eigenvalue weighted by atomic mass is 10.00. The second-order valence-corrected chi connectivity index (χ2v) is 4.43. The third-order valence-electron chi connectivity index (χ3n) is 3.44. The maximum Gasteiger partial charge on any atom is 0.126 e. The Labute approximate surface area is 113 Å². The number of halogens is 2. The van der Waals surface area contributed by atoms with Crippen LogP contribution in [-0.2, 0) is 19.3 Å². The molecular weight excluding hydrogens is 242 g/mol. The molecule has 0 aliphatic heterocycles. The Morgan fingerprint density at radius 3 is 1.58 bits per heavy atom. The van der Waals surface area contributed by atoms with E-state index in [1.54, 1.807) is 12.1 Å². The molecule has 0 saturated heterocycles. The molecule has 0 fully saturated rings. The Kier molecular flexibility index (Phi) is 4.31. The first-order valence-electron chi connectivity index (χ1n) is 6.78. The van der Waals surface area contributed by atoms with E-state index < -0.39 is 0 Å². The highest BCUT2D eigenvalue weighted by Crippen LogP contribution is 2.27. The molecule has 0 saturated carbocycles. The van der Waals surface area contributed by atoms with Crippen molar-refractivity contribution in [2.45, 2.75) is 33.1 Å². The van der Waals surface area contributed by atoms with E-state index in [1.165, 1.54) is 12.1 Å². The molecule has 2 aromatic carbocycles. The molecule has 0 nitrogen and oxygen atoms in total. The van der Waals surface area contributed by atoms with Gasteiger partial charge in [0.25, 0.3) is 0 Å². The zero-order chi connectivity index (χ0) is 13.8. The first-order chi connectivity index (χ1) is 9.25. The highest BCUT2D eigenvalue weighted by molar-refractivity contribution is 5.41. The lowest BCUT2D eigenvalue weighted by molar-refractivity contribution is 0.596. The van der Waals surface area contributed by atoms with Gasteiger partial charge in [-0.05, 0) is 53.6 Å². The van der Waals surface area contributed by atoms with E-state index in [1.807, 2.05) is 26.0 Å². The SMILES string of the molecule is CC.Fc1cccc2c1CCc1c(F)cccc1C2. The van der Waals surface area contributed by atoms with Gasteiger partial charge in [0, 0.05) is 0 Å². The minimum atomic E-state index is -0.171. The average molecular weight is 260 g/mol. The number of benzene rings is 2. The quantitative estimate of drug-likeness (QED) is 0.645. The standard InChI is InChI=1S/C15H12F2.C2H6/c16-14-5-1-3-10-9-11-4-2-6-15(17)13(11)8-7-12(10)14;1-2/h1-6H,7-9H2;1-2H3. The molecule has 0 N–H and O–H groups in total. The van der Waals surface area contributed by atoms with E-state index in [9.17, 15) is 8.78 Å². The molecule has 3 rings (SSSR count). The number of fused-ring (bicyclic) bond motifs is 2. The summed E-state index contributed by atoms with van der Waals surface area (Å²) in [6.07, 6.45) is 1.78. The Morgan fingerprint density at radius 1 is 0.737 bits per heavy atom. The van der Waals surface area contributed by atoms with Gasteiger partial charge in [0.15, 0.2) is 0 Å². The van der Waals surface area contributed by atoms with Crippen LogP contribution < -0.4 is 0 Å². The Balaban J connectivity index is 0.000000637. The van der Waals surface area contributed by atoms with Gasteiger partial charge in [0.1, 0.15) is 11.6 Å². The van der Waals surface area contributed by atoms with Gasteiger partial charge < -0.3 is 0 Å². The first-order valence-corrected chi connectivity index (χ1v) is 6.78. The van der Waals surface area contributed by atoms with Crippen LogP contribution in [0.3, 0.4) is 0 Å². The van der Waals surface area contributed by atoms with E-state index in [4.69, 9.17) is 0 Å². The summed E-state index contributed by atoms with van der Waals surface area (Å²) in [5.41, 5.74) is 3.44. The summed E-state index contributed by atoms with van der Waals surface area (Å²) in [6.45, 7) is 4.00. The topological polar surface area (TPSA) is 0 Å². The third-order valence-corrected chi connectivity index (χ3v) is 3.44. The van der Waals surface area contributed by atoms with Gasteiger partial charge in [-0.2, -0.15) is 0 Å². The molecule has 0 unspecified atom stereocenters. The Hall–Kier alpha value is -1.70. The molecule has 2 heteroatoms. The summed E-state index contributed by atoms with van der Waals surface area (Å²) in [6, 6.07) is 10.3. The summed E-state index contributed by atoms with van der Waals surface area (Å²) in [4.78, 5) is 0. The molecule has 19 heavy (non-hydrogen) atoms. The zero-order valence-electron chi connectivity index (χ0n) is 11.3. The molecule has 0 atom stereocenters. The monoisotopic (exact) mass is 260 g/mol. The predicted octanol–water partition coefficient (Wildman–Crippen LogP) is 4.68. The smallest absolute Gasteiger partial charge is 0.126 e. The minimum Gasteiger partial charge on any atom is -0.207 e. The van der Waals surface area contributed by atoms with Gasteiger partial charge in [0.2, 0.25) is 0 Å². The lowest BCUT2D eigenvalue weighted by Crippen LogP contribution is -1.96. The van der Waals surface area contributed by atoms with Crippen molar-refractivity contribution in [1.29, 1.82) is 0 Å². The van der Waals surface area contributed by atoms with Crippen LogP contribution in [0.25, 0.3) is 0 Å². The fourth-order valence-electron chi connectivity index (χ4n) is 2.55. The van der Waals surface area contributed by atoms with Crippen LogP contribution in [0.2, 0.25) is 0 Å². The summed E-state index contributed by atoms with van der Waals surface area (Å²) >= 11 is 0. The zero-order valence-corrected chi connectivity index (χ0v) is 11.3. The Bertz CT molecular complexity index is 522. The van der Waals surface area contributed by atoms with E-state index >= 15 is 0 Å². The molecule has 0 spiro atoms. The number of hydrogen-bond donors (Lipinski definition) is 0. The highest BCUT2D eigenvalue weighted by atomic mass is 19.1. The summed E-state index contributed by atoms with van der Waals surface area (Å²) in [7, 11) is 0. The van der Waals surface area contributed by atoms with Crippen molar-refractivity contribution >= 4 is 0 Å². The van der Waals surface area contributed by atoms with Crippen LogP contribution in [-0.4, -0.2) is 0 Å². The normalized spacial score (nSPS) is 12.6. The van der Waals surface area contributed by atoms with E-state index in [-0.39, 0.29) is 11.6 Å². The van der Waals surface area contributed by atoms with E-state index in [0.717, 1.165) is 22.3 Å². The van der Waals surface area contributed by atoms with Gasteiger partial charge >= 0.3 is 0 Å². The van der Waals surface area contributed by atoms with Gasteiger partial charge in [-0.15, -0.1) is 0 Å². The first kappa shape index (κ1) is 13.7. The largest absolute Gasteiger partial charge is 0.207 e. The number of hydrogen-bond acceptors (Lipinski definition) is 0. The van der Waals surface area contributed by atoms with E-state index in [2.05, 4.69) is 0 Å². The summed E-state index contributed by atoms with van der Waals surface area (Å²) in [5, 5.41) is 0. The molecule has 2 aromatic rings. The minimum absolute atomic E-state index is 0.171. The van der Waals surface area contributed by atoms with Crippen molar-refractivity contribution in [3.8, 4) is 0 Å². The fourth-order valence-corrected chi connectivity index (χ4v) is 2.55. The van der Waals surface area contributed by atoms with E-state index in [0.29, 0.717) is 19.3 Å². The maximum absolute atomic E-state index is 13.7. The van der Waals surface area contributed by atoms with Crippen molar-refractivity contribution in [3.63, 3.8) is 0 Å². The molecule has 1 aliphatic rings. The van der Waals surface area contributed by atoms with Gasteiger partial charge in [-0.25, -0.2) is 8.78 Å². The molecule has 1 aliphatic carbocycles. The third kappa shape index (κ3) is 2.67. The van der Waals surface area contributed by atoms with Crippen molar-refractivity contribution in [3.05, 3.63) is 70.3 Å². The van der Waals surface area contributed by atoms with Gasteiger partial charge in [-0.1, -0.05) is 38.1 Å². The molecule has 100 valence electrons. The summed E-state index contributed by atoms with van der Waals surface area (Å²) < 4.78 is 27.4. The second-order valence-electron chi connectivity index (χ2n) is 4.43. The molecule has 0 radical (unpaired) electrons. The molecule has 0 amide bonds. The molecule has 0 bridgehead atoms. The predicted molar refractivity (Wildman–Crippen MR) is 74.4 cm³/mol. The maximum atomic E-state index is 13.7. The Morgan fingerprint density at radius 2 is 1.16 bits per heavy atom. The average Bonchev–Trinajstić information content (AvgIpc) is 2.62. The van der Waals surface area contributed by atoms with Crippen molar-refractivity contribution < 1.29 is 8.78 Å². The molecule has 0 aromatic heterocycles. The van der Waals surface area contributed by atoms with Crippen molar-refractivity contribution in [2.24, 2.45) is 0 Å².